The highest BCUT2D eigenvalue weighted by Crippen LogP contribution is 2.37. The van der Waals surface area contributed by atoms with Crippen LogP contribution in [0.15, 0.2) is 54.9 Å². The normalized spacial score (nSPS) is 11.1. The van der Waals surface area contributed by atoms with Crippen LogP contribution in [0.4, 0.5) is 5.69 Å². The van der Waals surface area contributed by atoms with Crippen molar-refractivity contribution in [3.63, 3.8) is 0 Å². The zero-order valence-corrected chi connectivity index (χ0v) is 13.5. The molecule has 124 valence electrons. The molecule has 2 heterocycles. The summed E-state index contributed by atoms with van der Waals surface area (Å²) in [5.74, 6) is 0.564. The van der Waals surface area contributed by atoms with Crippen LogP contribution in [0.5, 0.6) is 11.5 Å². The largest absolute Gasteiger partial charge is 0.508 e. The molecule has 4 aromatic rings. The monoisotopic (exact) mass is 332 g/mol. The molecule has 0 spiro atoms. The molecule has 6 nitrogen and oxygen atoms in total. The van der Waals surface area contributed by atoms with Crippen molar-refractivity contribution in [1.29, 1.82) is 0 Å². The number of imidazole rings is 1. The van der Waals surface area contributed by atoms with Gasteiger partial charge in [0.15, 0.2) is 0 Å². The van der Waals surface area contributed by atoms with Crippen LogP contribution in [0.25, 0.3) is 28.1 Å². The second-order valence-electron chi connectivity index (χ2n) is 5.88. The van der Waals surface area contributed by atoms with Gasteiger partial charge in [-0.05, 0) is 48.9 Å². The van der Waals surface area contributed by atoms with Gasteiger partial charge in [0.25, 0.3) is 0 Å². The van der Waals surface area contributed by atoms with Crippen molar-refractivity contribution < 1.29 is 10.2 Å². The van der Waals surface area contributed by atoms with E-state index in [0.717, 1.165) is 16.7 Å². The van der Waals surface area contributed by atoms with Gasteiger partial charge in [-0.3, -0.25) is 9.55 Å². The lowest BCUT2D eigenvalue weighted by atomic mass is 10.1. The van der Waals surface area contributed by atoms with Gasteiger partial charge in [0.2, 0.25) is 0 Å². The average Bonchev–Trinajstić information content (AvgIpc) is 2.98. The summed E-state index contributed by atoms with van der Waals surface area (Å²) in [5, 5.41) is 20.2. The summed E-state index contributed by atoms with van der Waals surface area (Å²) in [5.41, 5.74) is 10.1. The van der Waals surface area contributed by atoms with Gasteiger partial charge in [-0.1, -0.05) is 0 Å². The highest BCUT2D eigenvalue weighted by Gasteiger charge is 2.18. The smallest absolute Gasteiger partial charge is 0.149 e. The Morgan fingerprint density at radius 3 is 2.52 bits per heavy atom. The second kappa shape index (κ2) is 5.52. The van der Waals surface area contributed by atoms with Crippen LogP contribution < -0.4 is 5.73 Å². The third-order valence-electron chi connectivity index (χ3n) is 4.16. The Morgan fingerprint density at radius 1 is 1.00 bits per heavy atom. The van der Waals surface area contributed by atoms with Crippen LogP contribution in [-0.4, -0.2) is 24.7 Å². The topological polar surface area (TPSA) is 97.2 Å². The molecule has 2 aromatic heterocycles. The number of phenols is 2. The quantitative estimate of drug-likeness (QED) is 0.489. The summed E-state index contributed by atoms with van der Waals surface area (Å²) in [6.07, 6.45) is 3.40. The SMILES string of the molecule is Cc1cc(-c2nc3ccncc3n2-c2ccc(N)cc2)c(O)cc1O. The highest BCUT2D eigenvalue weighted by atomic mass is 16.3. The van der Waals surface area contributed by atoms with Crippen LogP contribution in [-0.2, 0) is 0 Å². The maximum Gasteiger partial charge on any atom is 0.149 e. The first-order valence-electron chi connectivity index (χ1n) is 7.76. The standard InChI is InChI=1S/C19H16N4O2/c1-11-8-14(18(25)9-17(11)24)19-22-15-6-7-21-10-16(15)23(19)13-4-2-12(20)3-5-13/h2-10,24-25H,20H2,1H3. The number of fused-ring (bicyclic) bond motifs is 1. The number of nitrogens with zero attached hydrogens (tertiary/aromatic N) is 3. The lowest BCUT2D eigenvalue weighted by Gasteiger charge is -2.12. The summed E-state index contributed by atoms with van der Waals surface area (Å²) < 4.78 is 1.91. The number of aryl methyl sites for hydroxylation is 1. The molecule has 0 bridgehead atoms. The van der Waals surface area contributed by atoms with Crippen molar-refractivity contribution in [1.82, 2.24) is 14.5 Å². The minimum absolute atomic E-state index is 0.0388. The molecule has 0 saturated heterocycles. The van der Waals surface area contributed by atoms with Crippen LogP contribution in [0.1, 0.15) is 5.56 Å². The van der Waals surface area contributed by atoms with Gasteiger partial charge in [-0.15, -0.1) is 0 Å². The molecule has 0 atom stereocenters. The van der Waals surface area contributed by atoms with Crippen molar-refractivity contribution >= 4 is 16.7 Å². The maximum absolute atomic E-state index is 10.4. The summed E-state index contributed by atoms with van der Waals surface area (Å²) in [4.78, 5) is 8.85. The molecular formula is C19H16N4O2. The molecule has 0 radical (unpaired) electrons. The Hall–Kier alpha value is -3.54. The molecule has 0 aliphatic heterocycles. The van der Waals surface area contributed by atoms with Crippen molar-refractivity contribution in [3.05, 3.63) is 60.4 Å². The van der Waals surface area contributed by atoms with E-state index in [2.05, 4.69) is 9.97 Å². The van der Waals surface area contributed by atoms with E-state index in [-0.39, 0.29) is 11.5 Å². The molecule has 0 fully saturated rings. The Bertz CT molecular complexity index is 1080. The first-order valence-corrected chi connectivity index (χ1v) is 7.76. The van der Waals surface area contributed by atoms with Gasteiger partial charge in [-0.25, -0.2) is 4.98 Å². The van der Waals surface area contributed by atoms with E-state index in [0.29, 0.717) is 22.6 Å². The van der Waals surface area contributed by atoms with Crippen LogP contribution in [0.2, 0.25) is 0 Å². The predicted molar refractivity (Wildman–Crippen MR) is 96.8 cm³/mol. The maximum atomic E-state index is 10.4. The van der Waals surface area contributed by atoms with E-state index in [1.165, 1.54) is 6.07 Å². The molecule has 6 heteroatoms. The zero-order valence-electron chi connectivity index (χ0n) is 13.5. The molecule has 2 aromatic carbocycles. The molecule has 25 heavy (non-hydrogen) atoms. The number of nitrogen functional groups attached to an aromatic ring is 1. The second-order valence-corrected chi connectivity index (χ2v) is 5.88. The lowest BCUT2D eigenvalue weighted by Crippen LogP contribution is -1.99. The fraction of sp³-hybridized carbons (Fsp3) is 0.0526. The number of aromatic hydroxyl groups is 2. The van der Waals surface area contributed by atoms with Crippen LogP contribution in [0.3, 0.4) is 0 Å². The molecular weight excluding hydrogens is 316 g/mol. The summed E-state index contributed by atoms with van der Waals surface area (Å²) >= 11 is 0. The minimum Gasteiger partial charge on any atom is -0.508 e. The minimum atomic E-state index is -0.0388. The Kier molecular flexibility index (Phi) is 3.32. The molecule has 4 rings (SSSR count). The molecule has 0 unspecified atom stereocenters. The molecule has 0 aliphatic rings. The third-order valence-corrected chi connectivity index (χ3v) is 4.16. The van der Waals surface area contributed by atoms with Crippen molar-refractivity contribution in [2.24, 2.45) is 0 Å². The van der Waals surface area contributed by atoms with Gasteiger partial charge in [-0.2, -0.15) is 0 Å². The zero-order chi connectivity index (χ0) is 17.6. The highest BCUT2D eigenvalue weighted by molar-refractivity contribution is 5.84. The Morgan fingerprint density at radius 2 is 1.76 bits per heavy atom. The number of pyridine rings is 1. The average molecular weight is 332 g/mol. The van der Waals surface area contributed by atoms with Gasteiger partial charge in [0, 0.05) is 23.6 Å². The molecule has 0 saturated carbocycles. The van der Waals surface area contributed by atoms with Crippen LogP contribution >= 0.6 is 0 Å². The van der Waals surface area contributed by atoms with Crippen LogP contribution in [0, 0.1) is 6.92 Å². The van der Waals surface area contributed by atoms with Crippen molar-refractivity contribution in [2.45, 2.75) is 6.92 Å². The number of phenolic OH excluding ortho intramolecular Hbond substituents is 2. The Balaban J connectivity index is 2.06. The number of nitrogens with two attached hydrogens (primary N) is 1. The fourth-order valence-corrected chi connectivity index (χ4v) is 2.85. The molecule has 0 amide bonds. The van der Waals surface area contributed by atoms with Gasteiger partial charge >= 0.3 is 0 Å². The van der Waals surface area contributed by atoms with E-state index >= 15 is 0 Å². The first-order chi connectivity index (χ1) is 12.0. The van der Waals surface area contributed by atoms with E-state index in [1.807, 2.05) is 34.9 Å². The van der Waals surface area contributed by atoms with E-state index in [1.54, 1.807) is 25.4 Å². The predicted octanol–water partition coefficient (Wildman–Crippen LogP) is 3.39. The molecule has 4 N–H and O–H groups in total. The number of hydrogen-bond acceptors (Lipinski definition) is 5. The van der Waals surface area contributed by atoms with E-state index in [4.69, 9.17) is 5.73 Å². The summed E-state index contributed by atoms with van der Waals surface area (Å²) in [7, 11) is 0. The summed E-state index contributed by atoms with van der Waals surface area (Å²) in [6.45, 7) is 1.77. The van der Waals surface area contributed by atoms with Crippen molar-refractivity contribution in [3.8, 4) is 28.6 Å². The van der Waals surface area contributed by atoms with Gasteiger partial charge in [0.1, 0.15) is 17.3 Å². The van der Waals surface area contributed by atoms with Crippen molar-refractivity contribution in [2.75, 3.05) is 5.73 Å². The number of benzene rings is 2. The molecule has 0 aliphatic carbocycles. The van der Waals surface area contributed by atoms with Gasteiger partial charge in [0.05, 0.1) is 22.8 Å². The number of rotatable bonds is 2. The lowest BCUT2D eigenvalue weighted by molar-refractivity contribution is 0.449. The third kappa shape index (κ3) is 2.44. The fourth-order valence-electron chi connectivity index (χ4n) is 2.85. The first kappa shape index (κ1) is 15.0. The number of hydrogen-bond donors (Lipinski definition) is 3. The Labute approximate surface area is 143 Å². The number of aromatic nitrogens is 3. The van der Waals surface area contributed by atoms with Gasteiger partial charge < -0.3 is 15.9 Å². The summed E-state index contributed by atoms with van der Waals surface area (Å²) in [6, 6.07) is 12.3. The van der Waals surface area contributed by atoms with E-state index in [9.17, 15) is 10.2 Å². The van der Waals surface area contributed by atoms with E-state index < -0.39 is 0 Å². The number of anilines is 1.